The molecule has 0 amide bonds. The molecular weight excluding hydrogens is 196 g/mol. The second kappa shape index (κ2) is 5.82. The van der Waals surface area contributed by atoms with Crippen molar-refractivity contribution in [2.75, 3.05) is 6.61 Å². The lowest BCUT2D eigenvalue weighted by Gasteiger charge is -2.11. The maximum absolute atomic E-state index is 9.24. The highest BCUT2D eigenvalue weighted by Crippen LogP contribution is 2.21. The third-order valence-corrected chi connectivity index (χ3v) is 2.02. The molecule has 5 heteroatoms. The lowest BCUT2D eigenvalue weighted by atomic mass is 10.2. The quantitative estimate of drug-likeness (QED) is 0.784. The molecule has 0 saturated heterocycles. The third kappa shape index (κ3) is 3.28. The first kappa shape index (κ1) is 12.1. The van der Waals surface area contributed by atoms with Crippen LogP contribution in [0.2, 0.25) is 0 Å². The van der Waals surface area contributed by atoms with Crippen molar-refractivity contribution in [1.29, 1.82) is 0 Å². The second-order valence-corrected chi connectivity index (χ2v) is 3.40. The van der Waals surface area contributed by atoms with Crippen LogP contribution in [0.5, 0.6) is 0 Å². The van der Waals surface area contributed by atoms with Gasteiger partial charge in [0.25, 0.3) is 5.89 Å². The zero-order valence-corrected chi connectivity index (χ0v) is 9.43. The normalized spacial score (nSPS) is 15.2. The summed E-state index contributed by atoms with van der Waals surface area (Å²) in [6, 6.07) is 0. The fraction of sp³-hybridized carbons (Fsp3) is 0.800. The molecule has 1 aromatic heterocycles. The topological polar surface area (TPSA) is 68.4 Å². The summed E-state index contributed by atoms with van der Waals surface area (Å²) in [5.41, 5.74) is 0. The second-order valence-electron chi connectivity index (χ2n) is 3.40. The average molecular weight is 214 g/mol. The minimum absolute atomic E-state index is 0.128. The highest BCUT2D eigenvalue weighted by atomic mass is 16.5. The predicted octanol–water partition coefficient (Wildman–Crippen LogP) is 2.00. The van der Waals surface area contributed by atoms with Crippen LogP contribution in [0, 0.1) is 0 Å². The van der Waals surface area contributed by atoms with Gasteiger partial charge in [0.05, 0.1) is 0 Å². The van der Waals surface area contributed by atoms with Crippen molar-refractivity contribution in [3.63, 3.8) is 0 Å². The van der Waals surface area contributed by atoms with Crippen molar-refractivity contribution in [1.82, 2.24) is 10.1 Å². The Bertz CT molecular complexity index is 280. The summed E-state index contributed by atoms with van der Waals surface area (Å²) in [5.74, 6) is 0.764. The predicted molar refractivity (Wildman–Crippen MR) is 54.2 cm³/mol. The number of aliphatic hydroxyl groups is 1. The van der Waals surface area contributed by atoms with E-state index >= 15 is 0 Å². The molecule has 0 aliphatic carbocycles. The van der Waals surface area contributed by atoms with Crippen LogP contribution in [0.25, 0.3) is 0 Å². The van der Waals surface area contributed by atoms with E-state index in [0.29, 0.717) is 12.4 Å². The van der Waals surface area contributed by atoms with E-state index in [1.165, 1.54) is 0 Å². The highest BCUT2D eigenvalue weighted by Gasteiger charge is 2.19. The van der Waals surface area contributed by atoms with Gasteiger partial charge < -0.3 is 14.4 Å². The Hall–Kier alpha value is -0.940. The lowest BCUT2D eigenvalue weighted by Crippen LogP contribution is -2.06. The van der Waals surface area contributed by atoms with Crippen LogP contribution >= 0.6 is 0 Å². The molecule has 2 atom stereocenters. The molecule has 0 fully saturated rings. The van der Waals surface area contributed by atoms with E-state index in [4.69, 9.17) is 9.26 Å². The Morgan fingerprint density at radius 3 is 2.67 bits per heavy atom. The first-order valence-corrected chi connectivity index (χ1v) is 5.32. The molecule has 5 nitrogen and oxygen atoms in total. The number of rotatable bonds is 6. The largest absolute Gasteiger partial charge is 0.384 e. The summed E-state index contributed by atoms with van der Waals surface area (Å²) in [6.07, 6.45) is 0.988. The summed E-state index contributed by atoms with van der Waals surface area (Å²) in [7, 11) is 0. The summed E-state index contributed by atoms with van der Waals surface area (Å²) in [5, 5.41) is 13.0. The molecule has 86 valence electrons. The van der Waals surface area contributed by atoms with Gasteiger partial charge >= 0.3 is 0 Å². The minimum atomic E-state index is -0.727. The Balaban J connectivity index is 2.72. The lowest BCUT2D eigenvalue weighted by molar-refractivity contribution is 0.0477. The molecule has 0 aromatic carbocycles. The fourth-order valence-corrected chi connectivity index (χ4v) is 1.30. The monoisotopic (exact) mass is 214 g/mol. The summed E-state index contributed by atoms with van der Waals surface area (Å²) in [4.78, 5) is 4.09. The molecule has 2 unspecified atom stereocenters. The first-order chi connectivity index (χ1) is 7.19. The third-order valence-electron chi connectivity index (χ3n) is 2.02. The molecule has 15 heavy (non-hydrogen) atoms. The summed E-state index contributed by atoms with van der Waals surface area (Å²) >= 11 is 0. The molecule has 1 aromatic rings. The highest BCUT2D eigenvalue weighted by molar-refractivity contribution is 4.92. The van der Waals surface area contributed by atoms with Crippen molar-refractivity contribution in [3.8, 4) is 0 Å². The SMILES string of the molecule is CCCC(OCC)c1noc(C(C)O)n1. The Morgan fingerprint density at radius 1 is 1.47 bits per heavy atom. The number of nitrogens with zero attached hydrogens (tertiary/aromatic N) is 2. The Morgan fingerprint density at radius 2 is 2.20 bits per heavy atom. The van der Waals surface area contributed by atoms with E-state index in [1.807, 2.05) is 6.92 Å². The summed E-state index contributed by atoms with van der Waals surface area (Å²) < 4.78 is 10.4. The standard InChI is InChI=1S/C10H18N2O3/c1-4-6-8(14-5-2)9-11-10(7(3)13)15-12-9/h7-8,13H,4-6H2,1-3H3. The van der Waals surface area contributed by atoms with Crippen LogP contribution in [0.1, 0.15) is 57.5 Å². The number of aliphatic hydroxyl groups excluding tert-OH is 1. The van der Waals surface area contributed by atoms with Crippen molar-refractivity contribution in [3.05, 3.63) is 11.7 Å². The van der Waals surface area contributed by atoms with Crippen LogP contribution < -0.4 is 0 Å². The smallest absolute Gasteiger partial charge is 0.255 e. The van der Waals surface area contributed by atoms with Gasteiger partial charge in [0, 0.05) is 6.61 Å². The molecule has 0 aliphatic rings. The van der Waals surface area contributed by atoms with E-state index in [2.05, 4.69) is 17.1 Å². The Kier molecular flexibility index (Phi) is 4.71. The van der Waals surface area contributed by atoms with Gasteiger partial charge in [-0.25, -0.2) is 0 Å². The minimum Gasteiger partial charge on any atom is -0.384 e. The van der Waals surface area contributed by atoms with Crippen molar-refractivity contribution in [2.24, 2.45) is 0 Å². The van der Waals surface area contributed by atoms with E-state index in [-0.39, 0.29) is 12.0 Å². The van der Waals surface area contributed by atoms with Crippen LogP contribution in [0.15, 0.2) is 4.52 Å². The van der Waals surface area contributed by atoms with Gasteiger partial charge in [0.2, 0.25) is 5.82 Å². The molecule has 1 rings (SSSR count). The van der Waals surface area contributed by atoms with Crippen LogP contribution in [0.4, 0.5) is 0 Å². The van der Waals surface area contributed by atoms with Crippen molar-refractivity contribution in [2.45, 2.75) is 45.8 Å². The van der Waals surface area contributed by atoms with Crippen LogP contribution in [-0.4, -0.2) is 21.9 Å². The molecule has 0 saturated carbocycles. The molecule has 0 bridgehead atoms. The zero-order valence-electron chi connectivity index (χ0n) is 9.43. The summed E-state index contributed by atoms with van der Waals surface area (Å²) in [6.45, 7) is 6.20. The van der Waals surface area contributed by atoms with Gasteiger partial charge in [-0.1, -0.05) is 18.5 Å². The molecule has 0 spiro atoms. The molecule has 1 heterocycles. The first-order valence-electron chi connectivity index (χ1n) is 5.32. The van der Waals surface area contributed by atoms with E-state index in [0.717, 1.165) is 12.8 Å². The number of hydrogen-bond donors (Lipinski definition) is 1. The molecule has 0 aliphatic heterocycles. The van der Waals surface area contributed by atoms with Gasteiger partial charge in [-0.05, 0) is 20.3 Å². The van der Waals surface area contributed by atoms with E-state index in [9.17, 15) is 5.11 Å². The molecular formula is C10H18N2O3. The zero-order chi connectivity index (χ0) is 11.3. The van der Waals surface area contributed by atoms with Gasteiger partial charge in [-0.3, -0.25) is 0 Å². The van der Waals surface area contributed by atoms with Crippen LogP contribution in [-0.2, 0) is 4.74 Å². The van der Waals surface area contributed by atoms with Crippen LogP contribution in [0.3, 0.4) is 0 Å². The molecule has 0 radical (unpaired) electrons. The number of hydrogen-bond acceptors (Lipinski definition) is 5. The molecule has 1 N–H and O–H groups in total. The number of aromatic nitrogens is 2. The van der Waals surface area contributed by atoms with Gasteiger partial charge in [-0.2, -0.15) is 4.98 Å². The van der Waals surface area contributed by atoms with E-state index in [1.54, 1.807) is 6.92 Å². The number of ether oxygens (including phenoxy) is 1. The maximum atomic E-state index is 9.24. The van der Waals surface area contributed by atoms with E-state index < -0.39 is 6.10 Å². The van der Waals surface area contributed by atoms with Crippen molar-refractivity contribution < 1.29 is 14.4 Å². The Labute approximate surface area is 89.4 Å². The van der Waals surface area contributed by atoms with Gasteiger partial charge in [-0.15, -0.1) is 0 Å². The van der Waals surface area contributed by atoms with Crippen molar-refractivity contribution >= 4 is 0 Å². The van der Waals surface area contributed by atoms with Gasteiger partial charge in [0.1, 0.15) is 12.2 Å². The maximum Gasteiger partial charge on any atom is 0.255 e. The average Bonchev–Trinajstić information content (AvgIpc) is 2.66. The van der Waals surface area contributed by atoms with Gasteiger partial charge in [0.15, 0.2) is 0 Å². The fourth-order valence-electron chi connectivity index (χ4n) is 1.30.